The number of nitrogens with zero attached hydrogens (tertiary/aromatic N) is 5. The van der Waals surface area contributed by atoms with Crippen molar-refractivity contribution < 1.29 is 28.6 Å². The second-order valence-corrected chi connectivity index (χ2v) is 16.2. The molecule has 1 aromatic carbocycles. The molecule has 0 radical (unpaired) electrons. The van der Waals surface area contributed by atoms with Crippen molar-refractivity contribution in [2.75, 3.05) is 40.5 Å². The Morgan fingerprint density at radius 3 is 2.73 bits per heavy atom. The standard InChI is InChI=1S/C41H55N7O6S/c1-9-28(36(42-10-2)25(4)53-8)37-30-21-41(5,6)24-54-39(50)31-13-12-17-48(45-31)38(49)32(44-40(51)47-18-16-27(47)22-52-7)20-35-43-33(23-55-35)26-14-15-34(29(30)19-26)46(37)11-3/h9-10,14-15,19,23,25,27,31-32,45H,1,11-13,16-18,20-22,24H2,2-8H3,(H,44,51)/b36-28+,42-10-/t25-,27+,31-,32-/m0/s1. The molecule has 5 heterocycles. The minimum absolute atomic E-state index is 0.0439. The maximum atomic E-state index is 14.2. The Morgan fingerprint density at radius 1 is 1.25 bits per heavy atom. The first kappa shape index (κ1) is 40.3. The highest BCUT2D eigenvalue weighted by atomic mass is 32.1. The number of fused-ring (bicyclic) bond motifs is 6. The summed E-state index contributed by atoms with van der Waals surface area (Å²) in [7, 11) is 3.29. The molecule has 3 aliphatic rings. The van der Waals surface area contributed by atoms with Gasteiger partial charge in [-0.1, -0.05) is 32.6 Å². The Kier molecular flexibility index (Phi) is 12.6. The van der Waals surface area contributed by atoms with Crippen molar-refractivity contribution in [1.29, 1.82) is 0 Å². The first-order valence-electron chi connectivity index (χ1n) is 19.2. The van der Waals surface area contributed by atoms with Crippen molar-refractivity contribution in [1.82, 2.24) is 30.2 Å². The molecule has 2 saturated heterocycles. The summed E-state index contributed by atoms with van der Waals surface area (Å²) in [6.45, 7) is 16.7. The normalized spacial score (nSPS) is 22.9. The number of allylic oxidation sites excluding steroid dienone is 2. The summed E-state index contributed by atoms with van der Waals surface area (Å²) >= 11 is 1.46. The summed E-state index contributed by atoms with van der Waals surface area (Å²) in [5, 5.41) is 8.23. The Hall–Kier alpha value is -4.37. The zero-order valence-electron chi connectivity index (χ0n) is 33.1. The maximum Gasteiger partial charge on any atom is 0.324 e. The fraction of sp³-hybridized carbons (Fsp3) is 0.537. The minimum Gasteiger partial charge on any atom is -0.464 e. The first-order valence-corrected chi connectivity index (χ1v) is 20.1. The molecule has 13 nitrogen and oxygen atoms in total. The first-order chi connectivity index (χ1) is 26.4. The number of aliphatic imine (C=N–C) groups is 1. The van der Waals surface area contributed by atoms with Crippen LogP contribution in [-0.4, -0.2) is 108 Å². The summed E-state index contributed by atoms with van der Waals surface area (Å²) in [6.07, 6.45) is 6.07. The predicted molar refractivity (Wildman–Crippen MR) is 216 cm³/mol. The molecule has 0 saturated carbocycles. The molecule has 55 heavy (non-hydrogen) atoms. The number of benzene rings is 1. The van der Waals surface area contributed by atoms with Gasteiger partial charge in [-0.25, -0.2) is 15.2 Å². The summed E-state index contributed by atoms with van der Waals surface area (Å²) < 4.78 is 19.5. The van der Waals surface area contributed by atoms with Crippen molar-refractivity contribution in [3.63, 3.8) is 0 Å². The molecule has 6 bridgehead atoms. The van der Waals surface area contributed by atoms with E-state index < -0.39 is 23.5 Å². The van der Waals surface area contributed by atoms with Crippen molar-refractivity contribution in [2.24, 2.45) is 10.4 Å². The van der Waals surface area contributed by atoms with Gasteiger partial charge in [0.1, 0.15) is 12.1 Å². The highest BCUT2D eigenvalue weighted by Gasteiger charge is 2.38. The van der Waals surface area contributed by atoms with Gasteiger partial charge < -0.3 is 29.0 Å². The van der Waals surface area contributed by atoms with Gasteiger partial charge in [-0.2, -0.15) is 0 Å². The van der Waals surface area contributed by atoms with E-state index in [-0.39, 0.29) is 37.1 Å². The Morgan fingerprint density at radius 2 is 2.05 bits per heavy atom. The van der Waals surface area contributed by atoms with E-state index >= 15 is 0 Å². The lowest BCUT2D eigenvalue weighted by atomic mass is 9.84. The number of urea groups is 1. The number of likely N-dealkylation sites (tertiary alicyclic amines) is 1. The van der Waals surface area contributed by atoms with Crippen LogP contribution in [0.25, 0.3) is 27.7 Å². The van der Waals surface area contributed by atoms with Gasteiger partial charge >= 0.3 is 12.0 Å². The number of methoxy groups -OCH3 is 2. The number of carbonyl (C=O) groups excluding carboxylic acids is 3. The fourth-order valence-corrected chi connectivity index (χ4v) is 8.63. The van der Waals surface area contributed by atoms with Gasteiger partial charge in [-0.3, -0.25) is 19.6 Å². The Bertz CT molecular complexity index is 1980. The summed E-state index contributed by atoms with van der Waals surface area (Å²) in [5.41, 5.74) is 9.16. The third kappa shape index (κ3) is 8.42. The number of esters is 1. The molecule has 0 unspecified atom stereocenters. The number of carbonyl (C=O) groups is 3. The van der Waals surface area contributed by atoms with Crippen LogP contribution in [0.5, 0.6) is 0 Å². The molecule has 2 fully saturated rings. The zero-order chi connectivity index (χ0) is 39.4. The van der Waals surface area contributed by atoms with Gasteiger partial charge in [-0.15, -0.1) is 11.3 Å². The van der Waals surface area contributed by atoms with Gasteiger partial charge in [0.2, 0.25) is 0 Å². The topological polar surface area (TPSA) is 140 Å². The van der Waals surface area contributed by atoms with Crippen molar-refractivity contribution in [2.45, 2.75) is 97.5 Å². The molecule has 296 valence electrons. The molecule has 14 heteroatoms. The largest absolute Gasteiger partial charge is 0.464 e. The van der Waals surface area contributed by atoms with Crippen LogP contribution in [0.2, 0.25) is 0 Å². The van der Waals surface area contributed by atoms with E-state index in [1.54, 1.807) is 25.3 Å². The number of hydrazine groups is 1. The fourth-order valence-electron chi connectivity index (χ4n) is 7.78. The number of hydrogen-bond donors (Lipinski definition) is 2. The molecular formula is C41H55N7O6S. The molecule has 2 aromatic heterocycles. The van der Waals surface area contributed by atoms with Crippen LogP contribution >= 0.6 is 11.3 Å². The monoisotopic (exact) mass is 773 g/mol. The van der Waals surface area contributed by atoms with Crippen LogP contribution < -0.4 is 10.7 Å². The third-order valence-corrected chi connectivity index (χ3v) is 11.7. The molecular weight excluding hydrogens is 719 g/mol. The average Bonchev–Trinajstić information content (AvgIpc) is 3.76. The average molecular weight is 774 g/mol. The number of nitrogens with one attached hydrogen (secondary N) is 2. The molecule has 6 rings (SSSR count). The SMILES string of the molecule is C=C/C(=C(\N=C/C)[C@H](C)OC)c1c2c3cc(ccc3n1CC)-c1csc(n1)C[C@H](NC(=O)N1CC[C@@H]1COC)C(=O)N1CCC[C@H](N1)C(=O)OCC(C)(C)C2. The quantitative estimate of drug-likeness (QED) is 0.159. The summed E-state index contributed by atoms with van der Waals surface area (Å²) in [5.74, 6) is -0.744. The second-order valence-electron chi connectivity index (χ2n) is 15.3. The summed E-state index contributed by atoms with van der Waals surface area (Å²) in [6, 6.07) is 4.39. The van der Waals surface area contributed by atoms with Crippen molar-refractivity contribution >= 4 is 51.9 Å². The van der Waals surface area contributed by atoms with Gasteiger partial charge in [0.15, 0.2) is 0 Å². The highest BCUT2D eigenvalue weighted by molar-refractivity contribution is 7.10. The molecule has 3 aliphatic heterocycles. The van der Waals surface area contributed by atoms with E-state index in [1.807, 2.05) is 25.3 Å². The molecule has 2 N–H and O–H groups in total. The number of thiazole rings is 1. The number of hydrogen-bond acceptors (Lipinski definition) is 10. The molecule has 0 spiro atoms. The lowest BCUT2D eigenvalue weighted by molar-refractivity contribution is -0.155. The molecule has 0 aliphatic carbocycles. The van der Waals surface area contributed by atoms with Gasteiger partial charge in [0.05, 0.1) is 47.5 Å². The number of aryl methyl sites for hydroxylation is 1. The summed E-state index contributed by atoms with van der Waals surface area (Å²) in [4.78, 5) is 52.9. The number of rotatable bonds is 9. The highest BCUT2D eigenvalue weighted by Crippen LogP contribution is 2.40. The van der Waals surface area contributed by atoms with Crippen LogP contribution in [0, 0.1) is 5.41 Å². The van der Waals surface area contributed by atoms with Gasteiger partial charge in [-0.05, 0) is 64.2 Å². The van der Waals surface area contributed by atoms with Crippen LogP contribution in [-0.2, 0) is 43.2 Å². The van der Waals surface area contributed by atoms with Gasteiger partial charge in [0, 0.05) is 79.3 Å². The van der Waals surface area contributed by atoms with Crippen LogP contribution in [0.3, 0.4) is 0 Å². The van der Waals surface area contributed by atoms with E-state index in [4.69, 9.17) is 24.2 Å². The lowest BCUT2D eigenvalue weighted by Gasteiger charge is -2.41. The number of cyclic esters (lactones) is 1. The van der Waals surface area contributed by atoms with E-state index in [9.17, 15) is 14.4 Å². The van der Waals surface area contributed by atoms with Crippen molar-refractivity contribution in [3.05, 3.63) is 58.2 Å². The van der Waals surface area contributed by atoms with E-state index in [2.05, 4.69) is 60.9 Å². The van der Waals surface area contributed by atoms with Crippen LogP contribution in [0.4, 0.5) is 4.79 Å². The maximum absolute atomic E-state index is 14.2. The molecule has 4 atom stereocenters. The second kappa shape index (κ2) is 17.2. The smallest absolute Gasteiger partial charge is 0.324 e. The lowest BCUT2D eigenvalue weighted by Crippen LogP contribution is -2.63. The Balaban J connectivity index is 1.48. The van der Waals surface area contributed by atoms with Crippen LogP contribution in [0.15, 0.2) is 46.9 Å². The molecule has 3 amide bonds. The Labute approximate surface area is 327 Å². The minimum atomic E-state index is -0.913. The zero-order valence-corrected chi connectivity index (χ0v) is 34.0. The van der Waals surface area contributed by atoms with E-state index in [0.29, 0.717) is 50.5 Å². The number of ether oxygens (including phenoxy) is 3. The predicted octanol–water partition coefficient (Wildman–Crippen LogP) is 5.77. The molecule has 3 aromatic rings. The van der Waals surface area contributed by atoms with Crippen LogP contribution in [0.1, 0.15) is 70.1 Å². The van der Waals surface area contributed by atoms with Gasteiger partial charge in [0.25, 0.3) is 5.91 Å². The van der Waals surface area contributed by atoms with E-state index in [1.165, 1.54) is 16.3 Å². The van der Waals surface area contributed by atoms with Crippen molar-refractivity contribution in [3.8, 4) is 11.3 Å². The van der Waals surface area contributed by atoms with E-state index in [0.717, 1.165) is 51.1 Å². The number of aromatic nitrogens is 2. The third-order valence-electron chi connectivity index (χ3n) is 10.8. The number of amides is 3.